The van der Waals surface area contributed by atoms with E-state index in [9.17, 15) is 0 Å². The van der Waals surface area contributed by atoms with Crippen molar-refractivity contribution in [2.75, 3.05) is 0 Å². The lowest BCUT2D eigenvalue weighted by molar-refractivity contribution is 1.02. The molecule has 1 aliphatic rings. The fraction of sp³-hybridized carbons (Fsp3) is 0.105. The standard InChI is InChI=1S/C19H15N/c1-2-5-14(6-3-1)13-20-18-12-11-16-10-9-15-7-4-8-17(18)19(15)16/h1-8,11-13H,9-10H2. The topological polar surface area (TPSA) is 12.4 Å². The van der Waals surface area contributed by atoms with E-state index in [1.807, 2.05) is 24.4 Å². The third-order valence-corrected chi connectivity index (χ3v) is 4.01. The van der Waals surface area contributed by atoms with Crippen LogP contribution in [0.3, 0.4) is 0 Å². The number of benzene rings is 3. The van der Waals surface area contributed by atoms with Crippen molar-refractivity contribution < 1.29 is 0 Å². The highest BCUT2D eigenvalue weighted by molar-refractivity contribution is 6.00. The summed E-state index contributed by atoms with van der Waals surface area (Å²) in [6, 6.07) is 21.2. The van der Waals surface area contributed by atoms with Gasteiger partial charge in [0.05, 0.1) is 5.69 Å². The molecule has 0 saturated carbocycles. The number of hydrogen-bond donors (Lipinski definition) is 0. The van der Waals surface area contributed by atoms with Gasteiger partial charge in [-0.25, -0.2) is 0 Å². The van der Waals surface area contributed by atoms with Crippen LogP contribution in [0, 0.1) is 0 Å². The van der Waals surface area contributed by atoms with Gasteiger partial charge in [-0.15, -0.1) is 0 Å². The molecule has 0 atom stereocenters. The Balaban J connectivity index is 1.84. The van der Waals surface area contributed by atoms with Gasteiger partial charge >= 0.3 is 0 Å². The number of rotatable bonds is 2. The number of aryl methyl sites for hydroxylation is 2. The van der Waals surface area contributed by atoms with Crippen LogP contribution in [-0.2, 0) is 12.8 Å². The van der Waals surface area contributed by atoms with Crippen molar-refractivity contribution in [3.05, 3.63) is 77.4 Å². The Bertz CT molecular complexity index is 790. The van der Waals surface area contributed by atoms with Crippen LogP contribution < -0.4 is 0 Å². The van der Waals surface area contributed by atoms with Gasteiger partial charge in [-0.05, 0) is 41.0 Å². The molecule has 1 nitrogen and oxygen atoms in total. The van der Waals surface area contributed by atoms with Crippen molar-refractivity contribution >= 4 is 22.7 Å². The molecule has 20 heavy (non-hydrogen) atoms. The number of aliphatic imine (C=N–C) groups is 1. The highest BCUT2D eigenvalue weighted by atomic mass is 14.7. The van der Waals surface area contributed by atoms with Crippen LogP contribution in [0.5, 0.6) is 0 Å². The molecule has 0 radical (unpaired) electrons. The molecule has 0 fully saturated rings. The molecule has 96 valence electrons. The van der Waals surface area contributed by atoms with Crippen molar-refractivity contribution in [1.82, 2.24) is 0 Å². The Kier molecular flexibility index (Phi) is 2.63. The molecular formula is C19H15N. The SMILES string of the molecule is C(=Nc1ccc2c3c(cccc13)CC2)c1ccccc1. The Morgan fingerprint density at radius 2 is 1.55 bits per heavy atom. The first-order chi connectivity index (χ1) is 9.92. The minimum Gasteiger partial charge on any atom is -0.256 e. The second-order valence-electron chi connectivity index (χ2n) is 5.25. The summed E-state index contributed by atoms with van der Waals surface area (Å²) < 4.78 is 0. The molecule has 3 aromatic rings. The molecule has 0 bridgehead atoms. The van der Waals surface area contributed by atoms with Crippen molar-refractivity contribution in [2.24, 2.45) is 4.99 Å². The second-order valence-corrected chi connectivity index (χ2v) is 5.25. The van der Waals surface area contributed by atoms with Crippen LogP contribution in [-0.4, -0.2) is 6.21 Å². The first-order valence-electron chi connectivity index (χ1n) is 7.04. The lowest BCUT2D eigenvalue weighted by atomic mass is 10.0. The van der Waals surface area contributed by atoms with Crippen LogP contribution in [0.15, 0.2) is 65.7 Å². The normalized spacial score (nSPS) is 13.4. The van der Waals surface area contributed by atoms with E-state index in [1.165, 1.54) is 34.7 Å². The van der Waals surface area contributed by atoms with Crippen LogP contribution in [0.25, 0.3) is 10.8 Å². The lowest BCUT2D eigenvalue weighted by Crippen LogP contribution is -1.82. The average Bonchev–Trinajstić information content (AvgIpc) is 2.93. The molecule has 0 spiro atoms. The Hall–Kier alpha value is -2.41. The highest BCUT2D eigenvalue weighted by Gasteiger charge is 2.15. The first-order valence-corrected chi connectivity index (χ1v) is 7.04. The fourth-order valence-electron chi connectivity index (χ4n) is 3.03. The average molecular weight is 257 g/mol. The van der Waals surface area contributed by atoms with Gasteiger partial charge in [0.1, 0.15) is 0 Å². The second kappa shape index (κ2) is 4.61. The van der Waals surface area contributed by atoms with Crippen molar-refractivity contribution in [3.63, 3.8) is 0 Å². The van der Waals surface area contributed by atoms with Gasteiger partial charge in [0.25, 0.3) is 0 Å². The summed E-state index contributed by atoms with van der Waals surface area (Å²) in [6.07, 6.45) is 4.27. The third-order valence-electron chi connectivity index (χ3n) is 4.01. The predicted molar refractivity (Wildman–Crippen MR) is 85.1 cm³/mol. The molecule has 0 aromatic heterocycles. The quantitative estimate of drug-likeness (QED) is 0.591. The number of nitrogens with zero attached hydrogens (tertiary/aromatic N) is 1. The van der Waals surface area contributed by atoms with Crippen LogP contribution >= 0.6 is 0 Å². The van der Waals surface area contributed by atoms with Gasteiger partial charge in [-0.3, -0.25) is 4.99 Å². The van der Waals surface area contributed by atoms with Crippen molar-refractivity contribution in [2.45, 2.75) is 12.8 Å². The van der Waals surface area contributed by atoms with Gasteiger partial charge in [0.15, 0.2) is 0 Å². The summed E-state index contributed by atoms with van der Waals surface area (Å²) in [5.41, 5.74) is 5.13. The summed E-state index contributed by atoms with van der Waals surface area (Å²) >= 11 is 0. The Labute approximate surface area is 118 Å². The monoisotopic (exact) mass is 257 g/mol. The van der Waals surface area contributed by atoms with Gasteiger partial charge in [-0.2, -0.15) is 0 Å². The van der Waals surface area contributed by atoms with E-state index in [2.05, 4.69) is 47.5 Å². The molecule has 0 heterocycles. The first kappa shape index (κ1) is 11.4. The van der Waals surface area contributed by atoms with E-state index in [0.29, 0.717) is 0 Å². The maximum atomic E-state index is 4.69. The predicted octanol–water partition coefficient (Wildman–Crippen LogP) is 4.69. The van der Waals surface area contributed by atoms with Crippen molar-refractivity contribution in [3.8, 4) is 0 Å². The van der Waals surface area contributed by atoms with E-state index < -0.39 is 0 Å². The molecule has 1 heteroatoms. The molecule has 0 saturated heterocycles. The minimum atomic E-state index is 1.07. The minimum absolute atomic E-state index is 1.07. The Morgan fingerprint density at radius 3 is 2.40 bits per heavy atom. The zero-order valence-corrected chi connectivity index (χ0v) is 11.2. The van der Waals surface area contributed by atoms with Gasteiger partial charge < -0.3 is 0 Å². The highest BCUT2D eigenvalue weighted by Crippen LogP contribution is 2.36. The molecule has 0 unspecified atom stereocenters. The smallest absolute Gasteiger partial charge is 0.0708 e. The largest absolute Gasteiger partial charge is 0.256 e. The van der Waals surface area contributed by atoms with Gasteiger partial charge in [0, 0.05) is 11.6 Å². The fourth-order valence-corrected chi connectivity index (χ4v) is 3.03. The maximum absolute atomic E-state index is 4.69. The van der Waals surface area contributed by atoms with Crippen LogP contribution in [0.4, 0.5) is 5.69 Å². The molecule has 1 aliphatic carbocycles. The van der Waals surface area contributed by atoms with E-state index >= 15 is 0 Å². The van der Waals surface area contributed by atoms with Gasteiger partial charge in [-0.1, -0.05) is 54.6 Å². The number of hydrogen-bond acceptors (Lipinski definition) is 1. The lowest BCUT2D eigenvalue weighted by Gasteiger charge is -2.05. The summed E-state index contributed by atoms with van der Waals surface area (Å²) in [4.78, 5) is 4.69. The summed E-state index contributed by atoms with van der Waals surface area (Å²) in [7, 11) is 0. The molecule has 4 rings (SSSR count). The zero-order chi connectivity index (χ0) is 13.4. The molecular weight excluding hydrogens is 242 g/mol. The van der Waals surface area contributed by atoms with Crippen LogP contribution in [0.1, 0.15) is 16.7 Å². The van der Waals surface area contributed by atoms with Crippen LogP contribution in [0.2, 0.25) is 0 Å². The summed E-state index contributed by atoms with van der Waals surface area (Å²) in [5.74, 6) is 0. The van der Waals surface area contributed by atoms with E-state index in [0.717, 1.165) is 11.3 Å². The third kappa shape index (κ3) is 1.83. The van der Waals surface area contributed by atoms with E-state index in [4.69, 9.17) is 0 Å². The van der Waals surface area contributed by atoms with Gasteiger partial charge in [0.2, 0.25) is 0 Å². The van der Waals surface area contributed by atoms with E-state index in [1.54, 1.807) is 0 Å². The zero-order valence-electron chi connectivity index (χ0n) is 11.2. The summed E-state index contributed by atoms with van der Waals surface area (Å²) in [5, 5.41) is 2.71. The van der Waals surface area contributed by atoms with E-state index in [-0.39, 0.29) is 0 Å². The molecule has 0 N–H and O–H groups in total. The van der Waals surface area contributed by atoms with Crippen molar-refractivity contribution in [1.29, 1.82) is 0 Å². The summed E-state index contributed by atoms with van der Waals surface area (Å²) in [6.45, 7) is 0. The molecule has 3 aromatic carbocycles. The molecule has 0 aliphatic heterocycles. The molecule has 0 amide bonds. The Morgan fingerprint density at radius 1 is 0.750 bits per heavy atom. The maximum Gasteiger partial charge on any atom is 0.0708 e.